The van der Waals surface area contributed by atoms with Crippen LogP contribution in [-0.2, 0) is 9.53 Å². The van der Waals surface area contributed by atoms with Crippen molar-refractivity contribution in [1.29, 1.82) is 0 Å². The minimum atomic E-state index is -0.801. The zero-order chi connectivity index (χ0) is 17.9. The van der Waals surface area contributed by atoms with Crippen LogP contribution in [0.2, 0.25) is 0 Å². The van der Waals surface area contributed by atoms with Gasteiger partial charge >= 0.3 is 0 Å². The fraction of sp³-hybridized carbons (Fsp3) is 0.611. The van der Waals surface area contributed by atoms with Crippen molar-refractivity contribution in [3.8, 4) is 11.5 Å². The van der Waals surface area contributed by atoms with Gasteiger partial charge in [-0.1, -0.05) is 0 Å². The summed E-state index contributed by atoms with van der Waals surface area (Å²) in [6, 6.07) is 5.90. The summed E-state index contributed by atoms with van der Waals surface area (Å²) in [5, 5.41) is 3.12. The summed E-state index contributed by atoms with van der Waals surface area (Å²) >= 11 is 0. The molecule has 2 heterocycles. The Bertz CT molecular complexity index is 604. The minimum absolute atomic E-state index is 0. The Morgan fingerprint density at radius 1 is 1.19 bits per heavy atom. The van der Waals surface area contributed by atoms with Gasteiger partial charge in [-0.3, -0.25) is 4.79 Å². The molecule has 0 aliphatic carbocycles. The summed E-state index contributed by atoms with van der Waals surface area (Å²) < 4.78 is 16.0. The van der Waals surface area contributed by atoms with Gasteiger partial charge in [0.25, 0.3) is 0 Å². The molecule has 0 aromatic heterocycles. The van der Waals surface area contributed by atoms with E-state index < -0.39 is 5.54 Å². The number of nitrogens with two attached hydrogens (primary N) is 1. The molecule has 154 valence electrons. The molecule has 0 saturated carbocycles. The van der Waals surface area contributed by atoms with Gasteiger partial charge in [-0.15, -0.1) is 24.8 Å². The number of benzene rings is 1. The van der Waals surface area contributed by atoms with Gasteiger partial charge in [-0.25, -0.2) is 0 Å². The lowest BCUT2D eigenvalue weighted by atomic mass is 9.90. The van der Waals surface area contributed by atoms with Gasteiger partial charge in [0, 0.05) is 56.2 Å². The van der Waals surface area contributed by atoms with Gasteiger partial charge in [0.1, 0.15) is 11.5 Å². The van der Waals surface area contributed by atoms with Crippen LogP contribution in [-0.4, -0.2) is 58.0 Å². The number of hydrogen-bond donors (Lipinski definition) is 2. The van der Waals surface area contributed by atoms with Crippen LogP contribution in [0.4, 0.5) is 5.69 Å². The third-order valence-electron chi connectivity index (χ3n) is 5.06. The minimum Gasteiger partial charge on any atom is -0.497 e. The molecule has 3 N–H and O–H groups in total. The van der Waals surface area contributed by atoms with Crippen LogP contribution < -0.4 is 25.4 Å². The van der Waals surface area contributed by atoms with Crippen LogP contribution in [0.25, 0.3) is 0 Å². The molecule has 2 fully saturated rings. The lowest BCUT2D eigenvalue weighted by Gasteiger charge is -2.33. The van der Waals surface area contributed by atoms with Crippen molar-refractivity contribution in [2.24, 2.45) is 5.73 Å². The zero-order valence-electron chi connectivity index (χ0n) is 15.7. The van der Waals surface area contributed by atoms with Crippen molar-refractivity contribution in [3.63, 3.8) is 0 Å². The number of nitrogens with zero attached hydrogens (tertiary/aromatic N) is 1. The van der Waals surface area contributed by atoms with Gasteiger partial charge in [0.2, 0.25) is 5.91 Å². The molecule has 1 amide bonds. The quantitative estimate of drug-likeness (QED) is 0.752. The van der Waals surface area contributed by atoms with E-state index in [1.54, 1.807) is 14.2 Å². The highest BCUT2D eigenvalue weighted by Gasteiger charge is 2.37. The van der Waals surface area contributed by atoms with Crippen LogP contribution in [0.3, 0.4) is 0 Å². The number of halogens is 2. The summed E-state index contributed by atoms with van der Waals surface area (Å²) in [4.78, 5) is 14.8. The third-order valence-corrected chi connectivity index (χ3v) is 5.06. The number of carbonyl (C=O) groups excluding carboxylic acids is 1. The van der Waals surface area contributed by atoms with Crippen molar-refractivity contribution in [1.82, 2.24) is 5.32 Å². The number of nitrogens with one attached hydrogen (secondary N) is 1. The number of anilines is 1. The first-order valence-corrected chi connectivity index (χ1v) is 8.70. The zero-order valence-corrected chi connectivity index (χ0v) is 17.4. The van der Waals surface area contributed by atoms with E-state index in [1.165, 1.54) is 0 Å². The molecular weight excluding hydrogens is 393 g/mol. The summed E-state index contributed by atoms with van der Waals surface area (Å²) in [5.74, 6) is 1.45. The van der Waals surface area contributed by atoms with Crippen molar-refractivity contribution < 1.29 is 19.0 Å². The highest BCUT2D eigenvalue weighted by Crippen LogP contribution is 2.30. The van der Waals surface area contributed by atoms with Crippen molar-refractivity contribution in [3.05, 3.63) is 18.2 Å². The molecule has 2 saturated heterocycles. The summed E-state index contributed by atoms with van der Waals surface area (Å²) in [5.41, 5.74) is 6.49. The summed E-state index contributed by atoms with van der Waals surface area (Å²) in [7, 11) is 3.28. The number of amides is 1. The molecule has 9 heteroatoms. The number of rotatable bonds is 5. The van der Waals surface area contributed by atoms with Gasteiger partial charge in [0.05, 0.1) is 19.8 Å². The fourth-order valence-electron chi connectivity index (χ4n) is 3.38. The second-order valence-electron chi connectivity index (χ2n) is 6.74. The first-order valence-electron chi connectivity index (χ1n) is 8.70. The van der Waals surface area contributed by atoms with Crippen molar-refractivity contribution >= 4 is 36.4 Å². The van der Waals surface area contributed by atoms with E-state index in [2.05, 4.69) is 10.2 Å². The van der Waals surface area contributed by atoms with E-state index in [9.17, 15) is 4.79 Å². The molecule has 2 aliphatic heterocycles. The topological polar surface area (TPSA) is 86.1 Å². The van der Waals surface area contributed by atoms with Gasteiger partial charge < -0.3 is 30.2 Å². The highest BCUT2D eigenvalue weighted by atomic mass is 35.5. The lowest BCUT2D eigenvalue weighted by Crippen LogP contribution is -2.59. The van der Waals surface area contributed by atoms with E-state index in [0.29, 0.717) is 26.1 Å². The predicted octanol–water partition coefficient (Wildman–Crippen LogP) is 1.75. The average molecular weight is 422 g/mol. The van der Waals surface area contributed by atoms with E-state index >= 15 is 0 Å². The summed E-state index contributed by atoms with van der Waals surface area (Å²) in [6.45, 7) is 2.70. The van der Waals surface area contributed by atoms with E-state index in [1.807, 2.05) is 18.2 Å². The number of carbonyl (C=O) groups is 1. The monoisotopic (exact) mass is 421 g/mol. The molecule has 1 atom stereocenters. The largest absolute Gasteiger partial charge is 0.497 e. The third kappa shape index (κ3) is 5.54. The molecule has 3 rings (SSSR count). The Labute approximate surface area is 172 Å². The van der Waals surface area contributed by atoms with Crippen LogP contribution in [0.1, 0.15) is 19.3 Å². The van der Waals surface area contributed by atoms with Crippen LogP contribution in [0, 0.1) is 0 Å². The Hall–Kier alpha value is -1.41. The molecule has 7 nitrogen and oxygen atoms in total. The maximum atomic E-state index is 12.6. The number of methoxy groups -OCH3 is 2. The smallest absolute Gasteiger partial charge is 0.240 e. The standard InChI is InChI=1S/C18H27N3O4.2ClH/c1-23-15-9-14(10-16(11-15)24-2)21-6-3-13(12-21)20-17(22)18(19)4-7-25-8-5-18;;/h9-11,13H,3-8,12,19H2,1-2H3,(H,20,22);2*1H. The second kappa shape index (κ2) is 10.2. The van der Waals surface area contributed by atoms with Crippen molar-refractivity contribution in [2.75, 3.05) is 45.4 Å². The molecule has 1 aromatic rings. The molecule has 27 heavy (non-hydrogen) atoms. The molecule has 0 bridgehead atoms. The Kier molecular flexibility index (Phi) is 8.94. The van der Waals surface area contributed by atoms with Gasteiger partial charge in [0.15, 0.2) is 0 Å². The second-order valence-corrected chi connectivity index (χ2v) is 6.74. The Balaban J connectivity index is 0.00000182. The molecule has 0 radical (unpaired) electrons. The van der Waals surface area contributed by atoms with Gasteiger partial charge in [-0.05, 0) is 19.3 Å². The normalized spacial score (nSPS) is 20.9. The average Bonchev–Trinajstić information content (AvgIpc) is 3.10. The molecular formula is C18H29Cl2N3O4. The maximum absolute atomic E-state index is 12.6. The summed E-state index contributed by atoms with van der Waals surface area (Å²) in [6.07, 6.45) is 2.03. The van der Waals surface area contributed by atoms with Crippen LogP contribution in [0.15, 0.2) is 18.2 Å². The maximum Gasteiger partial charge on any atom is 0.240 e. The number of ether oxygens (including phenoxy) is 3. The molecule has 1 unspecified atom stereocenters. The highest BCUT2D eigenvalue weighted by molar-refractivity contribution is 5.86. The van der Waals surface area contributed by atoms with E-state index in [4.69, 9.17) is 19.9 Å². The Morgan fingerprint density at radius 3 is 2.33 bits per heavy atom. The van der Waals surface area contributed by atoms with Crippen LogP contribution in [0.5, 0.6) is 11.5 Å². The fourth-order valence-corrected chi connectivity index (χ4v) is 3.38. The molecule has 0 spiro atoms. The van der Waals surface area contributed by atoms with Crippen molar-refractivity contribution in [2.45, 2.75) is 30.8 Å². The first kappa shape index (κ1) is 23.6. The lowest BCUT2D eigenvalue weighted by molar-refractivity contribution is -0.130. The van der Waals surface area contributed by atoms with Crippen LogP contribution >= 0.6 is 24.8 Å². The molecule has 2 aliphatic rings. The van der Waals surface area contributed by atoms with E-state index in [0.717, 1.165) is 36.7 Å². The predicted molar refractivity (Wildman–Crippen MR) is 110 cm³/mol. The Morgan fingerprint density at radius 2 is 1.78 bits per heavy atom. The van der Waals surface area contributed by atoms with Gasteiger partial charge in [-0.2, -0.15) is 0 Å². The number of hydrogen-bond acceptors (Lipinski definition) is 6. The van der Waals surface area contributed by atoms with E-state index in [-0.39, 0.29) is 36.8 Å². The molecule has 1 aromatic carbocycles. The SMILES string of the molecule is COc1cc(OC)cc(N2CCC(NC(=O)C3(N)CCOCC3)C2)c1.Cl.Cl. The first-order chi connectivity index (χ1) is 12.0.